The van der Waals surface area contributed by atoms with Gasteiger partial charge in [-0.1, -0.05) is 206 Å². The lowest BCUT2D eigenvalue weighted by atomic mass is 9.54. The maximum atomic E-state index is 17.0. The first-order valence-corrected chi connectivity index (χ1v) is 17.7. The molecule has 4 aliphatic rings. The van der Waals surface area contributed by atoms with Crippen molar-refractivity contribution >= 4 is 11.4 Å². The quantitative estimate of drug-likeness (QED) is 0.170. The standard InChI is InChI=1S/C49H36O/c50-45-46(38-27-11-3-12-28-38)42(35-21-7-1-8-22-35)43(36-23-19-20-24-36)47(45,39-29-13-4-14-30-39)49(41-33-17-6-18-34-41)44(37-25-9-2-10-26-37)48(46,49)40-31-15-5-16-32-40/h1-34,36,44H/t44-,46+,47-,48+,49-/m1/s1. The Kier molecular flexibility index (Phi) is 6.18. The summed E-state index contributed by atoms with van der Waals surface area (Å²) in [4.78, 5) is 17.0. The second-order valence-corrected chi connectivity index (χ2v) is 14.2. The molecular formula is C49H36O. The van der Waals surface area contributed by atoms with Gasteiger partial charge in [0.15, 0.2) is 5.78 Å². The van der Waals surface area contributed by atoms with E-state index < -0.39 is 21.7 Å². The third kappa shape index (κ3) is 3.18. The van der Waals surface area contributed by atoms with Gasteiger partial charge in [-0.2, -0.15) is 0 Å². The van der Waals surface area contributed by atoms with Crippen molar-refractivity contribution in [1.29, 1.82) is 0 Å². The minimum Gasteiger partial charge on any atom is -0.297 e. The van der Waals surface area contributed by atoms with E-state index >= 15 is 4.79 Å². The van der Waals surface area contributed by atoms with E-state index in [1.165, 1.54) is 22.3 Å². The molecule has 238 valence electrons. The summed E-state index contributed by atoms with van der Waals surface area (Å²) >= 11 is 0. The van der Waals surface area contributed by atoms with Crippen molar-refractivity contribution in [3.8, 4) is 0 Å². The number of carbonyl (C=O) groups is 1. The predicted octanol–water partition coefficient (Wildman–Crippen LogP) is 10.3. The first-order valence-electron chi connectivity index (χ1n) is 17.7. The molecule has 50 heavy (non-hydrogen) atoms. The second kappa shape index (κ2) is 10.6. The molecule has 1 nitrogen and oxygen atoms in total. The molecule has 0 aromatic heterocycles. The van der Waals surface area contributed by atoms with Crippen LogP contribution in [0.5, 0.6) is 0 Å². The van der Waals surface area contributed by atoms with Crippen molar-refractivity contribution in [2.75, 3.05) is 0 Å². The van der Waals surface area contributed by atoms with Gasteiger partial charge >= 0.3 is 0 Å². The Labute approximate surface area is 294 Å². The first kappa shape index (κ1) is 29.2. The number of hydrogen-bond donors (Lipinski definition) is 0. The fourth-order valence-electron chi connectivity index (χ4n) is 11.4. The topological polar surface area (TPSA) is 17.1 Å². The molecule has 0 amide bonds. The van der Waals surface area contributed by atoms with Gasteiger partial charge in [-0.3, -0.25) is 4.79 Å². The van der Waals surface area contributed by atoms with E-state index in [1.54, 1.807) is 0 Å². The molecule has 4 aliphatic carbocycles. The highest BCUT2D eigenvalue weighted by Gasteiger charge is 3.01. The van der Waals surface area contributed by atoms with Crippen LogP contribution in [-0.4, -0.2) is 5.78 Å². The maximum Gasteiger partial charge on any atom is 0.164 e. The number of rotatable bonds is 7. The van der Waals surface area contributed by atoms with Gasteiger partial charge in [0.2, 0.25) is 0 Å². The summed E-state index contributed by atoms with van der Waals surface area (Å²) in [5.74, 6) is 0.209. The van der Waals surface area contributed by atoms with Gasteiger partial charge in [0, 0.05) is 22.7 Å². The minimum atomic E-state index is -1.03. The van der Waals surface area contributed by atoms with E-state index in [2.05, 4.69) is 206 Å². The zero-order valence-corrected chi connectivity index (χ0v) is 27.7. The van der Waals surface area contributed by atoms with Crippen LogP contribution < -0.4 is 0 Å². The lowest BCUT2D eigenvalue weighted by molar-refractivity contribution is -0.125. The molecule has 0 unspecified atom stereocenters. The number of ketones is 1. The van der Waals surface area contributed by atoms with Crippen molar-refractivity contribution in [3.05, 3.63) is 245 Å². The summed E-state index contributed by atoms with van der Waals surface area (Å²) in [6, 6.07) is 65.5. The fourth-order valence-corrected chi connectivity index (χ4v) is 11.4. The highest BCUT2D eigenvalue weighted by Crippen LogP contribution is 2.96. The number of hydrogen-bond acceptors (Lipinski definition) is 1. The normalized spacial score (nSPS) is 29.0. The molecule has 2 fully saturated rings. The average Bonchev–Trinajstić information content (AvgIpc) is 3.40. The lowest BCUT2D eigenvalue weighted by Crippen LogP contribution is -2.47. The molecule has 0 N–H and O–H groups in total. The lowest BCUT2D eigenvalue weighted by Gasteiger charge is -2.45. The van der Waals surface area contributed by atoms with Gasteiger partial charge in [-0.25, -0.2) is 0 Å². The van der Waals surface area contributed by atoms with Gasteiger partial charge in [0.25, 0.3) is 0 Å². The molecule has 5 atom stereocenters. The number of allylic oxidation sites excluding steroid dienone is 6. The van der Waals surface area contributed by atoms with E-state index in [1.807, 2.05) is 0 Å². The number of carbonyl (C=O) groups excluding carboxylic acids is 1. The molecule has 10 rings (SSSR count). The summed E-state index contributed by atoms with van der Waals surface area (Å²) in [6.07, 6.45) is 8.93. The zero-order valence-electron chi connectivity index (χ0n) is 27.7. The van der Waals surface area contributed by atoms with Gasteiger partial charge in [-0.05, 0) is 44.5 Å². The van der Waals surface area contributed by atoms with Crippen molar-refractivity contribution in [3.63, 3.8) is 0 Å². The molecule has 2 saturated carbocycles. The Hall–Kier alpha value is -5.79. The zero-order chi connectivity index (χ0) is 33.4. The molecule has 6 aromatic carbocycles. The van der Waals surface area contributed by atoms with E-state index in [-0.39, 0.29) is 17.6 Å². The van der Waals surface area contributed by atoms with Crippen LogP contribution in [0, 0.1) is 5.92 Å². The molecule has 0 radical (unpaired) electrons. The first-order chi connectivity index (χ1) is 24.8. The summed E-state index contributed by atoms with van der Waals surface area (Å²) in [5, 5.41) is 0. The SMILES string of the molecule is O=C1[C@]2(c3ccccc3)C(c3ccccc3)=C(C3C=CC=C3)[C@@]1(c1ccccc1)[C@@]1(c3ccccc3)[C@H](c3ccccc3)[C@@]21c1ccccc1. The minimum absolute atomic E-state index is 0.0234. The van der Waals surface area contributed by atoms with Gasteiger partial charge in [-0.15, -0.1) is 0 Å². The van der Waals surface area contributed by atoms with Crippen LogP contribution in [0.3, 0.4) is 0 Å². The third-order valence-corrected chi connectivity index (χ3v) is 12.5. The number of benzene rings is 6. The number of Topliss-reactive ketones (excluding diaryl/α,β-unsaturated/α-hetero) is 1. The Morgan fingerprint density at radius 1 is 0.400 bits per heavy atom. The molecule has 0 heterocycles. The molecule has 6 aromatic rings. The van der Waals surface area contributed by atoms with Crippen LogP contribution in [0.1, 0.15) is 39.3 Å². The van der Waals surface area contributed by atoms with Crippen molar-refractivity contribution < 1.29 is 4.79 Å². The largest absolute Gasteiger partial charge is 0.297 e. The summed E-state index contributed by atoms with van der Waals surface area (Å²) in [5.41, 5.74) is 5.94. The molecule has 0 aliphatic heterocycles. The Balaban J connectivity index is 1.53. The highest BCUT2D eigenvalue weighted by atomic mass is 16.1. The Bertz CT molecular complexity index is 2310. The summed E-state index contributed by atoms with van der Waals surface area (Å²) in [7, 11) is 0. The third-order valence-electron chi connectivity index (χ3n) is 12.5. The van der Waals surface area contributed by atoms with Crippen molar-refractivity contribution in [2.24, 2.45) is 5.92 Å². The fraction of sp³-hybridized carbons (Fsp3) is 0.122. The van der Waals surface area contributed by atoms with Crippen molar-refractivity contribution in [2.45, 2.75) is 27.6 Å². The maximum absolute atomic E-state index is 17.0. The van der Waals surface area contributed by atoms with Crippen LogP contribution in [0.2, 0.25) is 0 Å². The Morgan fingerprint density at radius 2 is 0.780 bits per heavy atom. The van der Waals surface area contributed by atoms with Gasteiger partial charge in [0.05, 0.1) is 10.8 Å². The van der Waals surface area contributed by atoms with Crippen LogP contribution in [0.25, 0.3) is 5.57 Å². The predicted molar refractivity (Wildman–Crippen MR) is 202 cm³/mol. The average molecular weight is 641 g/mol. The summed E-state index contributed by atoms with van der Waals surface area (Å²) in [6.45, 7) is 0. The van der Waals surface area contributed by atoms with Crippen LogP contribution in [0.15, 0.2) is 212 Å². The van der Waals surface area contributed by atoms with Crippen LogP contribution in [-0.2, 0) is 26.5 Å². The molecular weight excluding hydrogens is 605 g/mol. The molecule has 2 bridgehead atoms. The molecule has 0 saturated heterocycles. The van der Waals surface area contributed by atoms with Crippen LogP contribution in [0.4, 0.5) is 0 Å². The van der Waals surface area contributed by atoms with E-state index in [4.69, 9.17) is 0 Å². The second-order valence-electron chi connectivity index (χ2n) is 14.2. The van der Waals surface area contributed by atoms with E-state index in [0.29, 0.717) is 0 Å². The highest BCUT2D eigenvalue weighted by molar-refractivity contribution is 6.26. The van der Waals surface area contributed by atoms with Gasteiger partial charge < -0.3 is 0 Å². The van der Waals surface area contributed by atoms with E-state index in [9.17, 15) is 0 Å². The molecule has 1 heteroatoms. The Morgan fingerprint density at radius 3 is 1.26 bits per heavy atom. The smallest absolute Gasteiger partial charge is 0.164 e. The molecule has 0 spiro atoms. The van der Waals surface area contributed by atoms with Crippen molar-refractivity contribution in [1.82, 2.24) is 0 Å². The van der Waals surface area contributed by atoms with Crippen LogP contribution >= 0.6 is 0 Å². The number of fused-ring (bicyclic) bond motifs is 5. The van der Waals surface area contributed by atoms with E-state index in [0.717, 1.165) is 22.3 Å². The van der Waals surface area contributed by atoms with Gasteiger partial charge in [0.1, 0.15) is 0 Å². The summed E-state index contributed by atoms with van der Waals surface area (Å²) < 4.78 is 0. The monoisotopic (exact) mass is 640 g/mol.